The van der Waals surface area contributed by atoms with Gasteiger partial charge in [-0.3, -0.25) is 9.98 Å². The predicted octanol–water partition coefficient (Wildman–Crippen LogP) is 0.378. The van der Waals surface area contributed by atoms with Gasteiger partial charge in [-0.1, -0.05) is 0 Å². The number of aromatic nitrogens is 5. The van der Waals surface area contributed by atoms with Crippen molar-refractivity contribution in [1.82, 2.24) is 24.7 Å². The quantitative estimate of drug-likeness (QED) is 0.548. The lowest BCUT2D eigenvalue weighted by atomic mass is 10.4. The minimum absolute atomic E-state index is 0.00166. The van der Waals surface area contributed by atoms with Crippen molar-refractivity contribution in [2.45, 2.75) is 30.1 Å². The highest BCUT2D eigenvalue weighted by Gasteiger charge is 2.13. The Kier molecular flexibility index (Phi) is 3.65. The molecule has 0 spiro atoms. The van der Waals surface area contributed by atoms with Crippen LogP contribution in [0.15, 0.2) is 27.4 Å². The largest absolute Gasteiger partial charge is 0.382 e. The molecule has 0 bridgehead atoms. The third kappa shape index (κ3) is 2.81. The van der Waals surface area contributed by atoms with Gasteiger partial charge in [0.1, 0.15) is 16.6 Å². The summed E-state index contributed by atoms with van der Waals surface area (Å²) < 4.78 is 1.53. The Balaban J connectivity index is 2.26. The van der Waals surface area contributed by atoms with Gasteiger partial charge in [-0.2, -0.15) is 0 Å². The third-order valence-electron chi connectivity index (χ3n) is 2.29. The predicted molar refractivity (Wildman–Crippen MR) is 70.4 cm³/mol. The molecule has 0 saturated carbocycles. The van der Waals surface area contributed by atoms with Crippen molar-refractivity contribution in [2.75, 3.05) is 0 Å². The van der Waals surface area contributed by atoms with Gasteiger partial charge in [0.25, 0.3) is 0 Å². The van der Waals surface area contributed by atoms with Crippen molar-refractivity contribution in [2.24, 2.45) is 5.73 Å². The van der Waals surface area contributed by atoms with Crippen LogP contribution in [-0.4, -0.2) is 30.6 Å². The molecule has 0 saturated heterocycles. The van der Waals surface area contributed by atoms with Gasteiger partial charge in [0.05, 0.1) is 12.4 Å². The number of H-pyrrole nitrogens is 1. The van der Waals surface area contributed by atoms with Crippen molar-refractivity contribution in [3.05, 3.63) is 28.6 Å². The summed E-state index contributed by atoms with van der Waals surface area (Å²) in [5.41, 5.74) is 5.35. The maximum Gasteiger partial charge on any atom is 0.344 e. The van der Waals surface area contributed by atoms with Gasteiger partial charge >= 0.3 is 5.69 Å². The monoisotopic (exact) mass is 279 g/mol. The van der Waals surface area contributed by atoms with Gasteiger partial charge in [0.15, 0.2) is 5.16 Å². The molecule has 2 aromatic rings. The molecular weight excluding hydrogens is 266 g/mol. The van der Waals surface area contributed by atoms with Crippen molar-refractivity contribution in [1.29, 1.82) is 5.41 Å². The van der Waals surface area contributed by atoms with E-state index >= 15 is 0 Å². The number of nitrogens with one attached hydrogen (secondary N) is 2. The second kappa shape index (κ2) is 5.22. The smallest absolute Gasteiger partial charge is 0.344 e. The van der Waals surface area contributed by atoms with Crippen molar-refractivity contribution >= 4 is 17.6 Å². The molecule has 9 heteroatoms. The zero-order valence-electron chi connectivity index (χ0n) is 10.4. The van der Waals surface area contributed by atoms with Crippen LogP contribution in [-0.2, 0) is 0 Å². The molecular formula is C10H13N7OS. The number of aromatic amines is 1. The molecule has 0 aromatic carbocycles. The minimum Gasteiger partial charge on any atom is -0.382 e. The summed E-state index contributed by atoms with van der Waals surface area (Å²) in [5, 5.41) is 14.7. The average molecular weight is 279 g/mol. The second-order valence-electron chi connectivity index (χ2n) is 4.03. The van der Waals surface area contributed by atoms with E-state index < -0.39 is 0 Å². The van der Waals surface area contributed by atoms with Gasteiger partial charge in [0, 0.05) is 6.04 Å². The number of rotatable bonds is 4. The Morgan fingerprint density at radius 3 is 2.74 bits per heavy atom. The molecule has 19 heavy (non-hydrogen) atoms. The summed E-state index contributed by atoms with van der Waals surface area (Å²) in [7, 11) is 0. The fourth-order valence-corrected chi connectivity index (χ4v) is 2.30. The summed E-state index contributed by atoms with van der Waals surface area (Å²) in [5.74, 6) is -0.136. The highest BCUT2D eigenvalue weighted by molar-refractivity contribution is 7.99. The summed E-state index contributed by atoms with van der Waals surface area (Å²) >= 11 is 1.22. The highest BCUT2D eigenvalue weighted by Crippen LogP contribution is 2.23. The van der Waals surface area contributed by atoms with Crippen LogP contribution in [0.5, 0.6) is 0 Å². The van der Waals surface area contributed by atoms with Gasteiger partial charge in [-0.25, -0.2) is 19.9 Å². The van der Waals surface area contributed by atoms with Gasteiger partial charge < -0.3 is 5.73 Å². The highest BCUT2D eigenvalue weighted by atomic mass is 32.2. The van der Waals surface area contributed by atoms with E-state index in [0.717, 1.165) is 0 Å². The minimum atomic E-state index is -0.259. The number of hydrogen-bond donors (Lipinski definition) is 3. The average Bonchev–Trinajstić information content (AvgIpc) is 2.71. The van der Waals surface area contributed by atoms with Crippen LogP contribution >= 0.6 is 11.8 Å². The molecule has 100 valence electrons. The van der Waals surface area contributed by atoms with E-state index in [1.807, 2.05) is 13.8 Å². The first-order valence-corrected chi connectivity index (χ1v) is 6.32. The van der Waals surface area contributed by atoms with E-state index in [9.17, 15) is 4.79 Å². The van der Waals surface area contributed by atoms with E-state index in [1.165, 1.54) is 28.7 Å². The Morgan fingerprint density at radius 2 is 2.21 bits per heavy atom. The zero-order chi connectivity index (χ0) is 14.0. The lowest BCUT2D eigenvalue weighted by Crippen LogP contribution is -2.19. The van der Waals surface area contributed by atoms with E-state index in [2.05, 4.69) is 20.2 Å². The molecule has 0 aliphatic carbocycles. The summed E-state index contributed by atoms with van der Waals surface area (Å²) in [6.45, 7) is 3.79. The Hall–Kier alpha value is -2.16. The third-order valence-corrected chi connectivity index (χ3v) is 3.18. The second-order valence-corrected chi connectivity index (χ2v) is 5.02. The maximum atomic E-state index is 11.6. The van der Waals surface area contributed by atoms with E-state index in [4.69, 9.17) is 11.1 Å². The molecule has 2 rings (SSSR count). The molecule has 0 aliphatic rings. The molecule has 2 aromatic heterocycles. The summed E-state index contributed by atoms with van der Waals surface area (Å²) in [6, 6.07) is -0.00166. The van der Waals surface area contributed by atoms with Crippen LogP contribution in [0.4, 0.5) is 0 Å². The first-order chi connectivity index (χ1) is 8.99. The number of nitrogen functional groups attached to an aromatic ring is 1. The molecule has 0 radical (unpaired) electrons. The molecule has 0 atom stereocenters. The maximum absolute atomic E-state index is 11.6. The molecule has 2 heterocycles. The lowest BCUT2D eigenvalue weighted by molar-refractivity contribution is 0.534. The van der Waals surface area contributed by atoms with Crippen molar-refractivity contribution < 1.29 is 0 Å². The van der Waals surface area contributed by atoms with Gasteiger partial charge in [0.2, 0.25) is 0 Å². The van der Waals surface area contributed by atoms with Crippen LogP contribution in [0.1, 0.15) is 25.6 Å². The molecule has 0 unspecified atom stereocenters. The number of nitrogens with zero attached hydrogens (tertiary/aromatic N) is 4. The van der Waals surface area contributed by atoms with Crippen LogP contribution in [0.25, 0.3) is 0 Å². The molecule has 8 nitrogen and oxygen atoms in total. The first kappa shape index (κ1) is 13.3. The molecule has 0 fully saturated rings. The topological polar surface area (TPSA) is 126 Å². The SMILES string of the molecule is CC(C)n1c(Sc2cnc(C(=N)N)cn2)n[nH]c1=O. The van der Waals surface area contributed by atoms with E-state index in [0.29, 0.717) is 15.9 Å². The van der Waals surface area contributed by atoms with E-state index in [1.54, 1.807) is 0 Å². The normalized spacial score (nSPS) is 10.9. The Labute approximate surface area is 113 Å². The number of hydrogen-bond acceptors (Lipinski definition) is 6. The summed E-state index contributed by atoms with van der Waals surface area (Å²) in [4.78, 5) is 19.7. The van der Waals surface area contributed by atoms with Crippen LogP contribution in [0.2, 0.25) is 0 Å². The van der Waals surface area contributed by atoms with Crippen LogP contribution in [0, 0.1) is 5.41 Å². The molecule has 4 N–H and O–H groups in total. The Morgan fingerprint density at radius 1 is 1.47 bits per heavy atom. The van der Waals surface area contributed by atoms with Crippen LogP contribution in [0.3, 0.4) is 0 Å². The fraction of sp³-hybridized carbons (Fsp3) is 0.300. The zero-order valence-corrected chi connectivity index (χ0v) is 11.2. The fourth-order valence-electron chi connectivity index (χ4n) is 1.42. The first-order valence-electron chi connectivity index (χ1n) is 5.50. The lowest BCUT2D eigenvalue weighted by Gasteiger charge is -2.07. The van der Waals surface area contributed by atoms with Crippen molar-refractivity contribution in [3.8, 4) is 0 Å². The molecule has 0 amide bonds. The number of nitrogens with two attached hydrogens (primary N) is 1. The molecule has 0 aliphatic heterocycles. The van der Waals surface area contributed by atoms with Gasteiger partial charge in [-0.15, -0.1) is 5.10 Å². The Bertz CT molecular complexity index is 643. The summed E-state index contributed by atoms with van der Waals surface area (Å²) in [6.07, 6.45) is 2.90. The van der Waals surface area contributed by atoms with Crippen LogP contribution < -0.4 is 11.4 Å². The number of amidine groups is 1. The van der Waals surface area contributed by atoms with E-state index in [-0.39, 0.29) is 17.6 Å². The van der Waals surface area contributed by atoms with Gasteiger partial charge in [-0.05, 0) is 25.6 Å². The standard InChI is InChI=1S/C10H13N7OS/c1-5(2)17-9(18)15-16-10(17)19-7-4-13-6(3-14-7)8(11)12/h3-5H,1-2H3,(H3,11,12)(H,15,18). The van der Waals surface area contributed by atoms with Crippen molar-refractivity contribution in [3.63, 3.8) is 0 Å².